The minimum Gasteiger partial charge on any atom is -0.481 e. The van der Waals surface area contributed by atoms with Crippen LogP contribution in [0.2, 0.25) is 0 Å². The summed E-state index contributed by atoms with van der Waals surface area (Å²) < 4.78 is 6.87. The van der Waals surface area contributed by atoms with Gasteiger partial charge < -0.3 is 9.64 Å². The number of carbonyl (C=O) groups is 1. The molecule has 2 aliphatic rings. The van der Waals surface area contributed by atoms with E-state index < -0.39 is 0 Å². The molecule has 1 saturated heterocycles. The molecule has 0 aromatic carbocycles. The number of likely N-dealkylation sites (tertiary alicyclic amines) is 1. The van der Waals surface area contributed by atoms with E-state index in [2.05, 4.69) is 20.0 Å². The summed E-state index contributed by atoms with van der Waals surface area (Å²) >= 11 is 0. The maximum atomic E-state index is 12.9. The Kier molecular flexibility index (Phi) is 5.41. The van der Waals surface area contributed by atoms with E-state index in [-0.39, 0.29) is 5.91 Å². The summed E-state index contributed by atoms with van der Waals surface area (Å²) in [5, 5.41) is 4.62. The van der Waals surface area contributed by atoms with Gasteiger partial charge in [0, 0.05) is 25.4 Å². The first-order valence-corrected chi connectivity index (χ1v) is 9.71. The van der Waals surface area contributed by atoms with Gasteiger partial charge in [0.25, 0.3) is 5.91 Å². The predicted octanol–water partition coefficient (Wildman–Crippen LogP) is 2.95. The Labute approximate surface area is 169 Å². The molecule has 1 amide bonds. The van der Waals surface area contributed by atoms with Crippen molar-refractivity contribution in [3.8, 4) is 5.88 Å². The van der Waals surface area contributed by atoms with Crippen molar-refractivity contribution in [1.82, 2.24) is 19.7 Å². The molecule has 8 heteroatoms. The Hall–Kier alpha value is -3.42. The molecule has 2 aromatic heterocycles. The topological polar surface area (TPSA) is 75.8 Å². The van der Waals surface area contributed by atoms with Gasteiger partial charge in [-0.3, -0.25) is 9.69 Å². The Balaban J connectivity index is 1.55. The molecule has 0 bridgehead atoms. The zero-order valence-corrected chi connectivity index (χ0v) is 16.7. The third-order valence-electron chi connectivity index (χ3n) is 4.95. The number of aliphatic imine (C=N–C) groups is 1. The van der Waals surface area contributed by atoms with Crippen molar-refractivity contribution in [3.63, 3.8) is 0 Å². The van der Waals surface area contributed by atoms with Crippen LogP contribution in [0.4, 0.5) is 5.82 Å². The second-order valence-electron chi connectivity index (χ2n) is 6.93. The van der Waals surface area contributed by atoms with Crippen LogP contribution in [0.3, 0.4) is 0 Å². The number of ether oxygens (including phenoxy) is 1. The van der Waals surface area contributed by atoms with Crippen LogP contribution < -0.4 is 9.64 Å². The van der Waals surface area contributed by atoms with Gasteiger partial charge in [0.15, 0.2) is 0 Å². The number of pyridine rings is 1. The normalized spacial score (nSPS) is 17.2. The summed E-state index contributed by atoms with van der Waals surface area (Å²) in [5.74, 6) is 0.907. The molecule has 0 unspecified atom stereocenters. The van der Waals surface area contributed by atoms with Gasteiger partial charge in [0.1, 0.15) is 5.82 Å². The fourth-order valence-electron chi connectivity index (χ4n) is 3.47. The first-order chi connectivity index (χ1) is 14.2. The molecule has 2 aromatic rings. The number of nitrogens with zero attached hydrogens (tertiary/aromatic N) is 6. The molecule has 0 spiro atoms. The molecule has 0 radical (unpaired) electrons. The Morgan fingerprint density at radius 3 is 2.83 bits per heavy atom. The van der Waals surface area contributed by atoms with Gasteiger partial charge in [-0.2, -0.15) is 10.1 Å². The number of methoxy groups -OCH3 is 1. The minimum absolute atomic E-state index is 0.118. The van der Waals surface area contributed by atoms with E-state index in [4.69, 9.17) is 4.74 Å². The largest absolute Gasteiger partial charge is 0.481 e. The number of carbonyl (C=O) groups excluding carboxylic acids is 1. The molecular formula is C21H24N6O2. The number of rotatable bonds is 6. The van der Waals surface area contributed by atoms with Crippen LogP contribution in [-0.4, -0.2) is 52.1 Å². The summed E-state index contributed by atoms with van der Waals surface area (Å²) in [5.41, 5.74) is 2.10. The predicted molar refractivity (Wildman–Crippen MR) is 112 cm³/mol. The fourth-order valence-corrected chi connectivity index (χ4v) is 3.47. The number of hydrogen-bond acceptors (Lipinski definition) is 5. The minimum atomic E-state index is -0.118. The summed E-state index contributed by atoms with van der Waals surface area (Å²) in [6, 6.07) is 5.36. The van der Waals surface area contributed by atoms with Crippen LogP contribution in [0.5, 0.6) is 5.88 Å². The summed E-state index contributed by atoms with van der Waals surface area (Å²) in [4.78, 5) is 25.5. The van der Waals surface area contributed by atoms with Gasteiger partial charge in [-0.05, 0) is 31.9 Å². The van der Waals surface area contributed by atoms with Gasteiger partial charge in [-0.25, -0.2) is 9.67 Å². The second-order valence-corrected chi connectivity index (χ2v) is 6.93. The van der Waals surface area contributed by atoms with Crippen molar-refractivity contribution in [2.45, 2.75) is 26.3 Å². The van der Waals surface area contributed by atoms with Crippen molar-refractivity contribution in [3.05, 3.63) is 54.0 Å². The van der Waals surface area contributed by atoms with E-state index in [1.54, 1.807) is 41.2 Å². The molecule has 0 aliphatic carbocycles. The quantitative estimate of drug-likeness (QED) is 0.429. The first-order valence-electron chi connectivity index (χ1n) is 9.71. The maximum Gasteiger partial charge on any atom is 0.263 e. The lowest BCUT2D eigenvalue weighted by molar-refractivity contribution is 0.0995. The molecule has 29 heavy (non-hydrogen) atoms. The van der Waals surface area contributed by atoms with Gasteiger partial charge >= 0.3 is 0 Å². The first kappa shape index (κ1) is 18.9. The molecule has 4 heterocycles. The van der Waals surface area contributed by atoms with Crippen molar-refractivity contribution in [2.24, 2.45) is 4.99 Å². The van der Waals surface area contributed by atoms with Crippen LogP contribution in [0.25, 0.3) is 5.70 Å². The maximum absolute atomic E-state index is 12.9. The van der Waals surface area contributed by atoms with Crippen LogP contribution >= 0.6 is 0 Å². The van der Waals surface area contributed by atoms with Crippen LogP contribution in [-0.2, 0) is 6.54 Å². The third-order valence-corrected chi connectivity index (χ3v) is 4.95. The Morgan fingerprint density at radius 2 is 2.10 bits per heavy atom. The lowest BCUT2D eigenvalue weighted by Crippen LogP contribution is -2.24. The van der Waals surface area contributed by atoms with Crippen LogP contribution in [0, 0.1) is 0 Å². The van der Waals surface area contributed by atoms with E-state index in [1.165, 1.54) is 12.8 Å². The summed E-state index contributed by atoms with van der Waals surface area (Å²) in [7, 11) is 1.55. The summed E-state index contributed by atoms with van der Waals surface area (Å²) in [6.07, 6.45) is 11.7. The lowest BCUT2D eigenvalue weighted by Gasteiger charge is -2.15. The molecule has 2 aliphatic heterocycles. The number of fused-ring (bicyclic) bond motifs is 1. The molecule has 150 valence electrons. The van der Waals surface area contributed by atoms with E-state index in [0.29, 0.717) is 23.8 Å². The average molecular weight is 392 g/mol. The fraction of sp³-hybridized carbons (Fsp3) is 0.333. The third kappa shape index (κ3) is 3.91. The molecule has 0 atom stereocenters. The van der Waals surface area contributed by atoms with Crippen molar-refractivity contribution >= 4 is 23.8 Å². The van der Waals surface area contributed by atoms with E-state index in [0.717, 1.165) is 24.5 Å². The zero-order valence-electron chi connectivity index (χ0n) is 16.7. The average Bonchev–Trinajstić information content (AvgIpc) is 3.46. The van der Waals surface area contributed by atoms with Gasteiger partial charge in [-0.15, -0.1) is 0 Å². The molecule has 0 N–H and O–H groups in total. The smallest absolute Gasteiger partial charge is 0.263 e. The van der Waals surface area contributed by atoms with Crippen molar-refractivity contribution in [1.29, 1.82) is 0 Å². The van der Waals surface area contributed by atoms with E-state index >= 15 is 0 Å². The highest BCUT2D eigenvalue weighted by atomic mass is 16.5. The molecular weight excluding hydrogens is 368 g/mol. The van der Waals surface area contributed by atoms with Crippen LogP contribution in [0.1, 0.15) is 35.8 Å². The molecule has 8 nitrogen and oxygen atoms in total. The number of hydrogen-bond donors (Lipinski definition) is 0. The molecule has 1 fully saturated rings. The number of aromatic nitrogens is 3. The standard InChI is InChI=1S/C21H24N6O2/c1-3-7-16(12-22-15-25-10-4-5-11-25)27-13-17-18(24-27)14-26(21(17)28)19-8-6-9-20(23-19)29-2/h3,6-9,12-13,15H,4-5,10-11,14H2,1-2H3/b7-3-,16-12+,22-15?. The van der Waals surface area contributed by atoms with E-state index in [1.807, 2.05) is 31.5 Å². The van der Waals surface area contributed by atoms with Crippen molar-refractivity contribution < 1.29 is 9.53 Å². The number of allylic oxidation sites excluding steroid dienone is 3. The van der Waals surface area contributed by atoms with Crippen molar-refractivity contribution in [2.75, 3.05) is 25.1 Å². The number of anilines is 1. The SMILES string of the molecule is C/C=C\C(=C/N=CN1CCCC1)n1cc2c(n1)CN(c1cccc(OC)n1)C2=O. The van der Waals surface area contributed by atoms with Gasteiger partial charge in [0.05, 0.1) is 43.1 Å². The molecule has 4 rings (SSSR count). The van der Waals surface area contributed by atoms with Gasteiger partial charge in [-0.1, -0.05) is 12.1 Å². The number of amides is 1. The monoisotopic (exact) mass is 392 g/mol. The zero-order chi connectivity index (χ0) is 20.2. The van der Waals surface area contributed by atoms with E-state index in [9.17, 15) is 4.79 Å². The van der Waals surface area contributed by atoms with Crippen LogP contribution in [0.15, 0.2) is 47.7 Å². The highest BCUT2D eigenvalue weighted by Crippen LogP contribution is 2.28. The second kappa shape index (κ2) is 8.30. The Bertz CT molecular complexity index is 985. The summed E-state index contributed by atoms with van der Waals surface area (Å²) in [6.45, 7) is 4.42. The highest BCUT2D eigenvalue weighted by Gasteiger charge is 2.33. The Morgan fingerprint density at radius 1 is 1.28 bits per heavy atom. The van der Waals surface area contributed by atoms with Gasteiger partial charge in [0.2, 0.25) is 5.88 Å². The lowest BCUT2D eigenvalue weighted by atomic mass is 10.3. The molecule has 0 saturated carbocycles. The highest BCUT2D eigenvalue weighted by molar-refractivity contribution is 6.09.